The molecule has 2 heteroatoms. The van der Waals surface area contributed by atoms with Crippen LogP contribution in [-0.2, 0) is 6.98 Å². The lowest BCUT2D eigenvalue weighted by Crippen LogP contribution is -1.81. The Bertz CT molecular complexity index is 472. The van der Waals surface area contributed by atoms with Gasteiger partial charge in [0.05, 0.1) is 0 Å². The van der Waals surface area contributed by atoms with Gasteiger partial charge in [0.1, 0.15) is 0 Å². The second-order valence-electron chi connectivity index (χ2n) is 2.39. The molecule has 0 aliphatic carbocycles. The number of hydrogen-bond acceptors (Lipinski definition) is 0. The Kier molecular flexibility index (Phi) is 0.932. The Morgan fingerprint density at radius 2 is 2.36 bits per heavy atom. The van der Waals surface area contributed by atoms with Crippen LogP contribution in [0.1, 0.15) is 4.11 Å². The smallest absolute Gasteiger partial charge is 0.0478 e. The number of aromatic nitrogens is 1. The van der Waals surface area contributed by atoms with E-state index in [4.69, 9.17) is 4.11 Å². The summed E-state index contributed by atoms with van der Waals surface area (Å²) in [6, 6.07) is 7.33. The van der Waals surface area contributed by atoms with Gasteiger partial charge in [0.25, 0.3) is 0 Å². The molecule has 11 heavy (non-hydrogen) atoms. The number of aryl methyl sites for hydroxylation is 1. The molecular formula is C9H8BrN. The minimum Gasteiger partial charge on any atom is -0.351 e. The Morgan fingerprint density at radius 3 is 3.18 bits per heavy atom. The van der Waals surface area contributed by atoms with E-state index >= 15 is 0 Å². The van der Waals surface area contributed by atoms with Crippen LogP contribution in [-0.4, -0.2) is 4.57 Å². The number of hydrogen-bond donors (Lipinski definition) is 0. The number of halogens is 1. The summed E-state index contributed by atoms with van der Waals surface area (Å²) in [6.07, 6.45) is 1.59. The van der Waals surface area contributed by atoms with Crippen molar-refractivity contribution in [2.45, 2.75) is 0 Å². The Hall–Kier alpha value is -0.760. The van der Waals surface area contributed by atoms with Gasteiger partial charge in [-0.3, -0.25) is 0 Å². The van der Waals surface area contributed by atoms with Gasteiger partial charge in [-0.05, 0) is 24.3 Å². The van der Waals surface area contributed by atoms with E-state index in [0.29, 0.717) is 0 Å². The molecule has 0 N–H and O–H groups in total. The summed E-state index contributed by atoms with van der Waals surface area (Å²) in [7, 11) is 0. The first-order valence-electron chi connectivity index (χ1n) is 4.75. The monoisotopic (exact) mass is 212 g/mol. The van der Waals surface area contributed by atoms with Crippen molar-refractivity contribution in [1.82, 2.24) is 4.57 Å². The molecule has 0 aliphatic heterocycles. The van der Waals surface area contributed by atoms with Crippen LogP contribution in [0.2, 0.25) is 0 Å². The zero-order chi connectivity index (χ0) is 10.3. The van der Waals surface area contributed by atoms with Gasteiger partial charge in [0.2, 0.25) is 0 Å². The van der Waals surface area contributed by atoms with Crippen molar-refractivity contribution in [2.75, 3.05) is 0 Å². The third kappa shape index (κ3) is 1.07. The van der Waals surface area contributed by atoms with Crippen molar-refractivity contribution in [1.29, 1.82) is 0 Å². The zero-order valence-electron chi connectivity index (χ0n) is 8.71. The van der Waals surface area contributed by atoms with Gasteiger partial charge >= 0.3 is 0 Å². The van der Waals surface area contributed by atoms with Crippen LogP contribution in [0.5, 0.6) is 0 Å². The maximum atomic E-state index is 7.31. The molecule has 2 rings (SSSR count). The van der Waals surface area contributed by atoms with Crippen LogP contribution in [0.4, 0.5) is 0 Å². The molecular weight excluding hydrogens is 202 g/mol. The molecule has 0 unspecified atom stereocenters. The SMILES string of the molecule is [2H]C([2H])([2H])n1ccc2cc(Br)ccc21. The Labute approximate surface area is 78.0 Å². The number of fused-ring (bicyclic) bond motifs is 1. The third-order valence-electron chi connectivity index (χ3n) is 1.65. The molecule has 0 radical (unpaired) electrons. The van der Waals surface area contributed by atoms with Gasteiger partial charge < -0.3 is 4.57 Å². The number of rotatable bonds is 0. The fourth-order valence-corrected chi connectivity index (χ4v) is 1.49. The molecule has 56 valence electrons. The van der Waals surface area contributed by atoms with Crippen LogP contribution >= 0.6 is 15.9 Å². The van der Waals surface area contributed by atoms with Crippen LogP contribution < -0.4 is 0 Å². The van der Waals surface area contributed by atoms with Crippen molar-refractivity contribution < 1.29 is 4.11 Å². The first-order valence-corrected chi connectivity index (χ1v) is 4.05. The lowest BCUT2D eigenvalue weighted by Gasteiger charge is -1.94. The predicted molar refractivity (Wildman–Crippen MR) is 50.6 cm³/mol. The summed E-state index contributed by atoms with van der Waals surface area (Å²) in [4.78, 5) is 0. The maximum absolute atomic E-state index is 7.31. The molecule has 0 spiro atoms. The summed E-state index contributed by atoms with van der Waals surface area (Å²) in [5.74, 6) is 0. The fourth-order valence-electron chi connectivity index (χ4n) is 1.11. The second-order valence-corrected chi connectivity index (χ2v) is 3.30. The van der Waals surface area contributed by atoms with Crippen molar-refractivity contribution in [3.05, 3.63) is 34.9 Å². The molecule has 0 fully saturated rings. The van der Waals surface area contributed by atoms with Crippen molar-refractivity contribution in [2.24, 2.45) is 6.98 Å². The van der Waals surface area contributed by atoms with Crippen molar-refractivity contribution in [3.8, 4) is 0 Å². The van der Waals surface area contributed by atoms with E-state index in [1.54, 1.807) is 18.3 Å². The van der Waals surface area contributed by atoms with Gasteiger partial charge in [0, 0.05) is 32.7 Å². The summed E-state index contributed by atoms with van der Waals surface area (Å²) in [5.41, 5.74) is 0.730. The van der Waals surface area contributed by atoms with Crippen LogP contribution in [0.25, 0.3) is 10.9 Å². The van der Waals surface area contributed by atoms with Gasteiger partial charge in [-0.25, -0.2) is 0 Å². The molecule has 1 nitrogen and oxygen atoms in total. The van der Waals surface area contributed by atoms with Gasteiger partial charge in [-0.15, -0.1) is 0 Å². The van der Waals surface area contributed by atoms with E-state index in [1.165, 1.54) is 4.57 Å². The van der Waals surface area contributed by atoms with E-state index < -0.39 is 6.98 Å². The van der Waals surface area contributed by atoms with E-state index in [0.717, 1.165) is 15.4 Å². The van der Waals surface area contributed by atoms with E-state index in [9.17, 15) is 0 Å². The molecule has 0 saturated carbocycles. The topological polar surface area (TPSA) is 4.93 Å². The molecule has 1 heterocycles. The highest BCUT2D eigenvalue weighted by Gasteiger charge is 1.96. The van der Waals surface area contributed by atoms with Crippen LogP contribution in [0, 0.1) is 0 Å². The van der Waals surface area contributed by atoms with Crippen molar-refractivity contribution in [3.63, 3.8) is 0 Å². The average molecular weight is 213 g/mol. The largest absolute Gasteiger partial charge is 0.351 e. The summed E-state index contributed by atoms with van der Waals surface area (Å²) in [6.45, 7) is -2.10. The number of nitrogens with zero attached hydrogens (tertiary/aromatic N) is 1. The quantitative estimate of drug-likeness (QED) is 0.634. The van der Waals surface area contributed by atoms with Gasteiger partial charge in [0.15, 0.2) is 0 Å². The Balaban J connectivity index is 2.70. The molecule has 2 aromatic rings. The average Bonchev–Trinajstić information content (AvgIpc) is 2.45. The first-order chi connectivity index (χ1) is 6.48. The standard InChI is InChI=1S/C9H8BrN/c1-11-5-4-7-6-8(10)2-3-9(7)11/h2-6H,1H3/i1D3. The first kappa shape index (κ1) is 4.31. The lowest BCUT2D eigenvalue weighted by molar-refractivity contribution is 0.969. The molecule has 0 saturated heterocycles. The van der Waals surface area contributed by atoms with Gasteiger partial charge in [-0.1, -0.05) is 15.9 Å². The normalized spacial score (nSPS) is 15.9. The van der Waals surface area contributed by atoms with Crippen LogP contribution in [0.3, 0.4) is 0 Å². The molecule has 1 aromatic heterocycles. The highest BCUT2D eigenvalue weighted by Crippen LogP contribution is 2.19. The fraction of sp³-hybridized carbons (Fsp3) is 0.111. The lowest BCUT2D eigenvalue weighted by atomic mass is 10.2. The van der Waals surface area contributed by atoms with Gasteiger partial charge in [-0.2, -0.15) is 0 Å². The molecule has 0 bridgehead atoms. The minimum atomic E-state index is -2.10. The molecule has 0 amide bonds. The number of benzene rings is 1. The summed E-state index contributed by atoms with van der Waals surface area (Å²) >= 11 is 3.34. The zero-order valence-corrected chi connectivity index (χ0v) is 7.30. The summed E-state index contributed by atoms with van der Waals surface area (Å²) in [5, 5.41) is 0.926. The minimum absolute atomic E-state index is 0.730. The van der Waals surface area contributed by atoms with E-state index in [2.05, 4.69) is 15.9 Å². The van der Waals surface area contributed by atoms with Crippen molar-refractivity contribution >= 4 is 26.8 Å². The third-order valence-corrected chi connectivity index (χ3v) is 2.15. The molecule has 1 aromatic carbocycles. The summed E-state index contributed by atoms with van der Waals surface area (Å²) < 4.78 is 24.2. The predicted octanol–water partition coefficient (Wildman–Crippen LogP) is 2.94. The van der Waals surface area contributed by atoms with E-state index in [1.807, 2.05) is 12.1 Å². The van der Waals surface area contributed by atoms with E-state index in [-0.39, 0.29) is 0 Å². The molecule has 0 atom stereocenters. The van der Waals surface area contributed by atoms with Crippen LogP contribution in [0.15, 0.2) is 34.9 Å². The maximum Gasteiger partial charge on any atom is 0.0478 e. The second kappa shape index (κ2) is 2.38. The highest BCUT2D eigenvalue weighted by atomic mass is 79.9. The Morgan fingerprint density at radius 1 is 1.45 bits per heavy atom. The molecule has 0 aliphatic rings. The highest BCUT2D eigenvalue weighted by molar-refractivity contribution is 9.10.